The van der Waals surface area contributed by atoms with Crippen molar-refractivity contribution in [1.29, 1.82) is 0 Å². The van der Waals surface area contributed by atoms with Gasteiger partial charge < -0.3 is 19.9 Å². The first kappa shape index (κ1) is 17.5. The van der Waals surface area contributed by atoms with E-state index in [4.69, 9.17) is 0 Å². The van der Waals surface area contributed by atoms with Gasteiger partial charge in [0.2, 0.25) is 0 Å². The van der Waals surface area contributed by atoms with Crippen LogP contribution in [0, 0.1) is 11.8 Å². The Morgan fingerprint density at radius 2 is 2.04 bits per heavy atom. The quantitative estimate of drug-likeness (QED) is 0.863. The fourth-order valence-electron chi connectivity index (χ4n) is 4.00. The van der Waals surface area contributed by atoms with Crippen molar-refractivity contribution < 1.29 is 14.7 Å². The Morgan fingerprint density at radius 1 is 1.28 bits per heavy atom. The van der Waals surface area contributed by atoms with E-state index in [9.17, 15) is 19.5 Å². The Bertz CT molecular complexity index is 727. The van der Waals surface area contributed by atoms with Crippen LogP contribution in [0.25, 0.3) is 0 Å². The van der Waals surface area contributed by atoms with Gasteiger partial charge in [0.1, 0.15) is 6.04 Å². The zero-order chi connectivity index (χ0) is 18.1. The van der Waals surface area contributed by atoms with Crippen LogP contribution >= 0.6 is 0 Å². The smallest absolute Gasteiger partial charge is 0.326 e. The number of nitrogens with zero attached hydrogens (tertiary/aromatic N) is 2. The highest BCUT2D eigenvalue weighted by Gasteiger charge is 2.37. The van der Waals surface area contributed by atoms with Gasteiger partial charge in [-0.1, -0.05) is 19.9 Å². The third kappa shape index (κ3) is 3.70. The number of fused-ring (bicyclic) bond motifs is 4. The molecule has 2 N–H and O–H groups in total. The summed E-state index contributed by atoms with van der Waals surface area (Å²) < 4.78 is 1.81. The number of carbonyl (C=O) groups excluding carboxylic acids is 1. The number of hydrogen-bond acceptors (Lipinski definition) is 3. The van der Waals surface area contributed by atoms with E-state index < -0.39 is 12.0 Å². The molecule has 25 heavy (non-hydrogen) atoms. The number of amides is 2. The molecule has 0 radical (unpaired) electrons. The van der Waals surface area contributed by atoms with E-state index in [2.05, 4.69) is 5.32 Å². The number of carboxylic acids is 1. The lowest BCUT2D eigenvalue weighted by Crippen LogP contribution is -2.54. The molecule has 0 aliphatic carbocycles. The largest absolute Gasteiger partial charge is 0.480 e. The summed E-state index contributed by atoms with van der Waals surface area (Å²) in [4.78, 5) is 37.7. The molecule has 1 fully saturated rings. The molecule has 1 aromatic rings. The number of aromatic nitrogens is 1. The summed E-state index contributed by atoms with van der Waals surface area (Å²) in [6, 6.07) is 4.08. The molecule has 3 heterocycles. The van der Waals surface area contributed by atoms with Crippen LogP contribution in [-0.4, -0.2) is 45.7 Å². The lowest BCUT2D eigenvalue weighted by atomic mass is 9.83. The first-order valence-corrected chi connectivity index (χ1v) is 8.83. The van der Waals surface area contributed by atoms with Gasteiger partial charge in [-0.15, -0.1) is 0 Å². The molecule has 2 bridgehead atoms. The second kappa shape index (κ2) is 6.90. The minimum absolute atomic E-state index is 0.00739. The Hall–Kier alpha value is -2.31. The zero-order valence-electron chi connectivity index (χ0n) is 14.6. The van der Waals surface area contributed by atoms with Crippen molar-refractivity contribution in [2.45, 2.75) is 45.2 Å². The van der Waals surface area contributed by atoms with Gasteiger partial charge in [-0.25, -0.2) is 9.59 Å². The summed E-state index contributed by atoms with van der Waals surface area (Å²) in [7, 11) is 0. The first-order valence-electron chi connectivity index (χ1n) is 8.83. The van der Waals surface area contributed by atoms with E-state index in [0.717, 1.165) is 12.1 Å². The van der Waals surface area contributed by atoms with Crippen molar-refractivity contribution in [2.75, 3.05) is 13.1 Å². The summed E-state index contributed by atoms with van der Waals surface area (Å²) in [5, 5.41) is 12.0. The predicted octanol–water partition coefficient (Wildman–Crippen LogP) is 1.48. The van der Waals surface area contributed by atoms with E-state index in [1.165, 1.54) is 0 Å². The summed E-state index contributed by atoms with van der Waals surface area (Å²) in [5.74, 6) is -0.469. The van der Waals surface area contributed by atoms with Gasteiger partial charge >= 0.3 is 12.0 Å². The Kier molecular flexibility index (Phi) is 4.83. The highest BCUT2D eigenvalue weighted by molar-refractivity contribution is 5.82. The normalized spacial score (nSPS) is 23.1. The summed E-state index contributed by atoms with van der Waals surface area (Å²) in [6.45, 7) is 5.55. The lowest BCUT2D eigenvalue weighted by Gasteiger charge is -2.42. The number of urea groups is 1. The van der Waals surface area contributed by atoms with Crippen LogP contribution in [0.3, 0.4) is 0 Å². The Labute approximate surface area is 146 Å². The first-order chi connectivity index (χ1) is 11.8. The van der Waals surface area contributed by atoms with Gasteiger partial charge in [0.25, 0.3) is 5.56 Å². The van der Waals surface area contributed by atoms with E-state index in [1.807, 2.05) is 24.5 Å². The molecule has 2 aliphatic rings. The van der Waals surface area contributed by atoms with E-state index >= 15 is 0 Å². The van der Waals surface area contributed by atoms with Gasteiger partial charge in [0, 0.05) is 37.3 Å². The van der Waals surface area contributed by atoms with Crippen molar-refractivity contribution in [1.82, 2.24) is 14.8 Å². The van der Waals surface area contributed by atoms with Gasteiger partial charge in [-0.3, -0.25) is 4.79 Å². The third-order valence-corrected chi connectivity index (χ3v) is 5.07. The summed E-state index contributed by atoms with van der Waals surface area (Å²) in [5.41, 5.74) is 0.978. The molecule has 0 aromatic carbocycles. The van der Waals surface area contributed by atoms with Crippen LogP contribution in [0.5, 0.6) is 0 Å². The predicted molar refractivity (Wildman–Crippen MR) is 92.5 cm³/mol. The maximum atomic E-state index is 12.6. The Balaban J connectivity index is 1.72. The highest BCUT2D eigenvalue weighted by Crippen LogP contribution is 2.34. The van der Waals surface area contributed by atoms with Crippen LogP contribution in [0.1, 0.15) is 38.3 Å². The second-order valence-corrected chi connectivity index (χ2v) is 7.57. The minimum Gasteiger partial charge on any atom is -0.480 e. The summed E-state index contributed by atoms with van der Waals surface area (Å²) >= 11 is 0. The second-order valence-electron chi connectivity index (χ2n) is 7.57. The average molecular weight is 347 g/mol. The molecule has 7 nitrogen and oxygen atoms in total. The average Bonchev–Trinajstić information content (AvgIpc) is 2.54. The molecule has 136 valence electrons. The molecular formula is C18H25N3O4. The third-order valence-electron chi connectivity index (χ3n) is 5.07. The highest BCUT2D eigenvalue weighted by atomic mass is 16.4. The minimum atomic E-state index is -1.00. The van der Waals surface area contributed by atoms with Crippen LogP contribution in [0.15, 0.2) is 23.0 Å². The number of nitrogens with one attached hydrogen (secondary N) is 1. The van der Waals surface area contributed by atoms with Gasteiger partial charge in [0.15, 0.2) is 0 Å². The van der Waals surface area contributed by atoms with Crippen molar-refractivity contribution in [3.63, 3.8) is 0 Å². The molecule has 2 aliphatic heterocycles. The molecule has 3 rings (SSSR count). The number of carbonyl (C=O) groups is 2. The molecule has 3 atom stereocenters. The molecule has 2 unspecified atom stereocenters. The fourth-order valence-corrected chi connectivity index (χ4v) is 4.00. The molecule has 1 aromatic heterocycles. The lowest BCUT2D eigenvalue weighted by molar-refractivity contribution is -0.139. The zero-order valence-corrected chi connectivity index (χ0v) is 14.6. The molecule has 0 spiro atoms. The number of carboxylic acid groups (broad SMARTS) is 1. The van der Waals surface area contributed by atoms with Crippen molar-refractivity contribution >= 4 is 12.0 Å². The maximum Gasteiger partial charge on any atom is 0.326 e. The van der Waals surface area contributed by atoms with E-state index in [0.29, 0.717) is 26.1 Å². The topological polar surface area (TPSA) is 91.6 Å². The SMILES string of the molecule is CC(C)C[C@H](NC(=O)N1CC2CC(C1)c1cccc(=O)n1C2)C(=O)O. The molecule has 7 heteroatoms. The van der Waals surface area contributed by atoms with Gasteiger partial charge in [-0.05, 0) is 30.7 Å². The number of hydrogen-bond donors (Lipinski definition) is 2. The molecule has 1 saturated heterocycles. The molecule has 0 saturated carbocycles. The fraction of sp³-hybridized carbons (Fsp3) is 0.611. The number of piperidine rings is 1. The van der Waals surface area contributed by atoms with Crippen LogP contribution in [0.4, 0.5) is 4.79 Å². The van der Waals surface area contributed by atoms with Crippen LogP contribution in [0.2, 0.25) is 0 Å². The molecule has 2 amide bonds. The van der Waals surface area contributed by atoms with Crippen LogP contribution < -0.4 is 10.9 Å². The Morgan fingerprint density at radius 3 is 2.72 bits per heavy atom. The summed E-state index contributed by atoms with van der Waals surface area (Å²) in [6.07, 6.45) is 1.36. The van der Waals surface area contributed by atoms with Crippen LogP contribution in [-0.2, 0) is 11.3 Å². The maximum absolute atomic E-state index is 12.6. The van der Waals surface area contributed by atoms with Gasteiger partial charge in [-0.2, -0.15) is 0 Å². The van der Waals surface area contributed by atoms with E-state index in [1.54, 1.807) is 17.0 Å². The van der Waals surface area contributed by atoms with Crippen molar-refractivity contribution in [3.05, 3.63) is 34.2 Å². The number of likely N-dealkylation sites (tertiary alicyclic amines) is 1. The monoisotopic (exact) mass is 347 g/mol. The van der Waals surface area contributed by atoms with Gasteiger partial charge in [0.05, 0.1) is 0 Å². The number of aliphatic carboxylic acids is 1. The molecular weight excluding hydrogens is 322 g/mol. The number of rotatable bonds is 4. The van der Waals surface area contributed by atoms with Crippen molar-refractivity contribution in [2.24, 2.45) is 11.8 Å². The van der Waals surface area contributed by atoms with E-state index in [-0.39, 0.29) is 29.3 Å². The standard InChI is InChI=1S/C18H25N3O4/c1-11(2)6-14(17(23)24)19-18(25)20-8-12-7-13(10-20)15-4-3-5-16(22)21(15)9-12/h3-5,11-14H,6-10H2,1-2H3,(H,19,25)(H,23,24)/t12?,13?,14-/m0/s1. The number of pyridine rings is 1. The van der Waals surface area contributed by atoms with Crippen molar-refractivity contribution in [3.8, 4) is 0 Å².